The molecule has 12 heteroatoms. The summed E-state index contributed by atoms with van der Waals surface area (Å²) in [6, 6.07) is 12.2. The highest BCUT2D eigenvalue weighted by Crippen LogP contribution is 2.33. The zero-order valence-corrected chi connectivity index (χ0v) is 21.2. The Balaban J connectivity index is 1.79. The molecular weight excluding hydrogens is 494 g/mol. The van der Waals surface area contributed by atoms with Gasteiger partial charge >= 0.3 is 0 Å². The van der Waals surface area contributed by atoms with Crippen LogP contribution < -0.4 is 24.8 Å². The minimum Gasteiger partial charge on any atom is -0.495 e. The van der Waals surface area contributed by atoms with Crippen LogP contribution >= 0.6 is 11.6 Å². The number of rotatable bonds is 13. The maximum Gasteiger partial charge on any atom is 0.229 e. The van der Waals surface area contributed by atoms with Gasteiger partial charge in [-0.3, -0.25) is 4.72 Å². The summed E-state index contributed by atoms with van der Waals surface area (Å²) in [6.07, 6.45) is 3.29. The number of halogens is 1. The highest BCUT2D eigenvalue weighted by Gasteiger charge is 2.13. The first kappa shape index (κ1) is 26.3. The van der Waals surface area contributed by atoms with Crippen LogP contribution in [0.3, 0.4) is 0 Å². The van der Waals surface area contributed by atoms with Crippen LogP contribution in [-0.2, 0) is 14.8 Å². The number of para-hydroxylation sites is 2. The Kier molecular flexibility index (Phi) is 9.35. The Hall–Kier alpha value is -3.28. The molecule has 0 unspecified atom stereocenters. The summed E-state index contributed by atoms with van der Waals surface area (Å²) in [5, 5.41) is 6.43. The van der Waals surface area contributed by atoms with Gasteiger partial charge in [0.1, 0.15) is 16.5 Å². The molecule has 0 bridgehead atoms. The van der Waals surface area contributed by atoms with Crippen LogP contribution in [0.4, 0.5) is 28.8 Å². The highest BCUT2D eigenvalue weighted by atomic mass is 35.5. The molecule has 0 radical (unpaired) electrons. The van der Waals surface area contributed by atoms with E-state index in [9.17, 15) is 8.42 Å². The van der Waals surface area contributed by atoms with Gasteiger partial charge in [-0.15, -0.1) is 0 Å². The maximum atomic E-state index is 11.7. The molecule has 0 atom stereocenters. The van der Waals surface area contributed by atoms with Crippen molar-refractivity contribution in [3.05, 3.63) is 53.7 Å². The van der Waals surface area contributed by atoms with Crippen molar-refractivity contribution in [3.8, 4) is 11.5 Å². The first-order valence-corrected chi connectivity index (χ1v) is 13.1. The lowest BCUT2D eigenvalue weighted by atomic mass is 10.2. The van der Waals surface area contributed by atoms with E-state index in [1.165, 1.54) is 6.20 Å². The second-order valence-corrected chi connectivity index (χ2v) is 9.48. The summed E-state index contributed by atoms with van der Waals surface area (Å²) in [5.41, 5.74) is 1.43. The molecular formula is C23H28ClN5O5S. The Morgan fingerprint density at radius 1 is 1.03 bits per heavy atom. The molecule has 0 amide bonds. The number of ether oxygens (including phenoxy) is 3. The minimum atomic E-state index is -3.48. The number of aromatic nitrogens is 2. The molecule has 3 rings (SSSR count). The summed E-state index contributed by atoms with van der Waals surface area (Å²) in [6.45, 7) is 3.77. The van der Waals surface area contributed by atoms with Crippen LogP contribution in [0.5, 0.6) is 11.5 Å². The van der Waals surface area contributed by atoms with Crippen LogP contribution in [0.25, 0.3) is 0 Å². The third kappa shape index (κ3) is 8.16. The average Bonchev–Trinajstić information content (AvgIpc) is 2.81. The lowest BCUT2D eigenvalue weighted by molar-refractivity contribution is 0.131. The van der Waals surface area contributed by atoms with Gasteiger partial charge < -0.3 is 24.8 Å². The van der Waals surface area contributed by atoms with Crippen LogP contribution in [0.1, 0.15) is 13.3 Å². The van der Waals surface area contributed by atoms with E-state index in [0.717, 1.165) is 12.7 Å². The summed E-state index contributed by atoms with van der Waals surface area (Å²) in [7, 11) is -1.92. The molecule has 0 saturated carbocycles. The molecule has 0 aliphatic heterocycles. The van der Waals surface area contributed by atoms with Crippen LogP contribution in [0.15, 0.2) is 48.7 Å². The van der Waals surface area contributed by atoms with Crippen molar-refractivity contribution in [3.63, 3.8) is 0 Å². The van der Waals surface area contributed by atoms with E-state index in [-0.39, 0.29) is 16.8 Å². The van der Waals surface area contributed by atoms with Gasteiger partial charge in [0.2, 0.25) is 16.0 Å². The van der Waals surface area contributed by atoms with Crippen molar-refractivity contribution < 1.29 is 22.6 Å². The van der Waals surface area contributed by atoms with Gasteiger partial charge in [0.25, 0.3) is 0 Å². The zero-order valence-electron chi connectivity index (χ0n) is 19.7. The van der Waals surface area contributed by atoms with Gasteiger partial charge in [-0.05, 0) is 31.2 Å². The molecule has 0 saturated heterocycles. The lowest BCUT2D eigenvalue weighted by Gasteiger charge is -2.15. The van der Waals surface area contributed by atoms with E-state index in [1.54, 1.807) is 43.5 Å². The predicted octanol–water partition coefficient (Wildman–Crippen LogP) is 4.80. The van der Waals surface area contributed by atoms with Gasteiger partial charge in [0.15, 0.2) is 5.82 Å². The summed E-state index contributed by atoms with van der Waals surface area (Å²) in [5.74, 6) is 1.76. The smallest absolute Gasteiger partial charge is 0.229 e. The molecule has 2 aromatic carbocycles. The van der Waals surface area contributed by atoms with E-state index < -0.39 is 10.0 Å². The van der Waals surface area contributed by atoms with Crippen molar-refractivity contribution in [2.75, 3.05) is 48.5 Å². The third-order valence-corrected chi connectivity index (χ3v) is 5.41. The van der Waals surface area contributed by atoms with E-state index >= 15 is 0 Å². The highest BCUT2D eigenvalue weighted by molar-refractivity contribution is 7.92. The number of methoxy groups -OCH3 is 1. The topological polar surface area (TPSA) is 124 Å². The van der Waals surface area contributed by atoms with Gasteiger partial charge in [0, 0.05) is 25.7 Å². The average molecular weight is 522 g/mol. The number of hydrogen-bond acceptors (Lipinski definition) is 9. The number of sulfonamides is 1. The number of nitrogens with one attached hydrogen (secondary N) is 3. The normalized spacial score (nSPS) is 11.1. The number of hydrogen-bond donors (Lipinski definition) is 3. The summed E-state index contributed by atoms with van der Waals surface area (Å²) >= 11 is 6.30. The predicted molar refractivity (Wildman–Crippen MR) is 138 cm³/mol. The molecule has 35 heavy (non-hydrogen) atoms. The number of benzene rings is 2. The molecule has 3 aromatic rings. The van der Waals surface area contributed by atoms with Gasteiger partial charge in [-0.1, -0.05) is 23.7 Å². The van der Waals surface area contributed by atoms with Crippen LogP contribution in [0.2, 0.25) is 5.02 Å². The number of nitrogens with zero attached hydrogens (tertiary/aromatic N) is 2. The van der Waals surface area contributed by atoms with E-state index in [2.05, 4.69) is 25.3 Å². The van der Waals surface area contributed by atoms with Crippen LogP contribution in [0, 0.1) is 0 Å². The second-order valence-electron chi connectivity index (χ2n) is 7.32. The van der Waals surface area contributed by atoms with Crippen molar-refractivity contribution >= 4 is 50.5 Å². The molecule has 0 spiro atoms. The SMILES string of the molecule is CCOCCCOc1ccc(OC)c(Nc2ncc(Cl)c(Nc3ccccc3NS(C)(=O)=O)n2)c1. The number of anilines is 5. The van der Waals surface area contributed by atoms with Gasteiger partial charge in [-0.25, -0.2) is 13.4 Å². The first-order valence-electron chi connectivity index (χ1n) is 10.8. The summed E-state index contributed by atoms with van der Waals surface area (Å²) in [4.78, 5) is 8.69. The zero-order chi connectivity index (χ0) is 25.3. The standard InChI is InChI=1S/C23H28ClN5O5S/c1-4-33-12-7-13-34-16-10-11-21(32-2)20(14-16)27-23-25-15-17(24)22(28-23)26-18-8-5-6-9-19(18)29-35(3,30)31/h5-6,8-11,14-15,29H,4,7,12-13H2,1-3H3,(H2,25,26,27,28). The van der Waals surface area contributed by atoms with Gasteiger partial charge in [0.05, 0.1) is 43.2 Å². The van der Waals surface area contributed by atoms with Crippen molar-refractivity contribution in [2.24, 2.45) is 0 Å². The fourth-order valence-corrected chi connectivity index (χ4v) is 3.73. The van der Waals surface area contributed by atoms with Crippen molar-refractivity contribution in [1.82, 2.24) is 9.97 Å². The molecule has 0 fully saturated rings. The lowest BCUT2D eigenvalue weighted by Crippen LogP contribution is -2.11. The van der Waals surface area contributed by atoms with E-state index in [4.69, 9.17) is 25.8 Å². The minimum absolute atomic E-state index is 0.247. The van der Waals surface area contributed by atoms with E-state index in [1.807, 2.05) is 13.0 Å². The molecule has 1 aromatic heterocycles. The molecule has 188 valence electrons. The Morgan fingerprint density at radius 2 is 1.80 bits per heavy atom. The molecule has 0 aliphatic rings. The third-order valence-electron chi connectivity index (χ3n) is 4.54. The first-order chi connectivity index (χ1) is 16.8. The monoisotopic (exact) mass is 521 g/mol. The quantitative estimate of drug-likeness (QED) is 0.272. The van der Waals surface area contributed by atoms with Crippen molar-refractivity contribution in [1.29, 1.82) is 0 Å². The molecule has 10 nitrogen and oxygen atoms in total. The van der Waals surface area contributed by atoms with Gasteiger partial charge in [-0.2, -0.15) is 4.98 Å². The largest absolute Gasteiger partial charge is 0.495 e. The molecule has 1 heterocycles. The molecule has 3 N–H and O–H groups in total. The fraction of sp³-hybridized carbons (Fsp3) is 0.304. The Bertz CT molecular complexity index is 1240. The maximum absolute atomic E-state index is 11.7. The second kappa shape index (κ2) is 12.4. The van der Waals surface area contributed by atoms with Crippen LogP contribution in [-0.4, -0.2) is 51.6 Å². The summed E-state index contributed by atoms with van der Waals surface area (Å²) < 4.78 is 42.4. The Morgan fingerprint density at radius 3 is 2.51 bits per heavy atom. The fourth-order valence-electron chi connectivity index (χ4n) is 3.01. The Labute approximate surface area is 210 Å². The molecule has 0 aliphatic carbocycles. The van der Waals surface area contributed by atoms with Crippen molar-refractivity contribution in [2.45, 2.75) is 13.3 Å². The van der Waals surface area contributed by atoms with E-state index in [0.29, 0.717) is 48.4 Å².